The standard InChI is InChI=1S/C27H22ClN3O3S/c1-15-6-4-5-7-22(15)31-26(29-21-10-9-19(34-3)14-20(21)27(32)33)25(16(2)30-31)24-13-17-12-18(28)8-11-23(17)35-24/h4-14,29H,1-3H3,(H,32,33). The molecule has 35 heavy (non-hydrogen) atoms. The van der Waals surface area contributed by atoms with Gasteiger partial charge in [-0.15, -0.1) is 11.3 Å². The topological polar surface area (TPSA) is 76.4 Å². The Balaban J connectivity index is 1.75. The van der Waals surface area contributed by atoms with Crippen LogP contribution in [0.1, 0.15) is 21.6 Å². The number of nitrogens with zero attached hydrogens (tertiary/aromatic N) is 2. The van der Waals surface area contributed by atoms with Crippen molar-refractivity contribution >= 4 is 50.5 Å². The summed E-state index contributed by atoms with van der Waals surface area (Å²) in [5.74, 6) is 0.100. The molecule has 0 aliphatic heterocycles. The first-order chi connectivity index (χ1) is 16.9. The minimum Gasteiger partial charge on any atom is -0.497 e. The Hall–Kier alpha value is -3.81. The van der Waals surface area contributed by atoms with Crippen molar-refractivity contribution in [2.45, 2.75) is 13.8 Å². The number of nitrogens with one attached hydrogen (secondary N) is 1. The van der Waals surface area contributed by atoms with Crippen LogP contribution in [0.3, 0.4) is 0 Å². The lowest BCUT2D eigenvalue weighted by atomic mass is 10.1. The number of para-hydroxylation sites is 1. The highest BCUT2D eigenvalue weighted by atomic mass is 35.5. The number of aryl methyl sites for hydroxylation is 2. The van der Waals surface area contributed by atoms with Crippen molar-refractivity contribution in [1.29, 1.82) is 0 Å². The molecule has 0 spiro atoms. The summed E-state index contributed by atoms with van der Waals surface area (Å²) in [6.07, 6.45) is 0. The molecule has 2 aromatic heterocycles. The molecule has 0 aliphatic carbocycles. The molecule has 5 aromatic rings. The van der Waals surface area contributed by atoms with Crippen LogP contribution in [0.2, 0.25) is 5.02 Å². The van der Waals surface area contributed by atoms with Crippen LogP contribution < -0.4 is 10.1 Å². The van der Waals surface area contributed by atoms with E-state index in [4.69, 9.17) is 21.4 Å². The molecule has 0 saturated heterocycles. The minimum absolute atomic E-state index is 0.105. The first kappa shape index (κ1) is 23.0. The molecule has 0 saturated carbocycles. The molecule has 2 N–H and O–H groups in total. The van der Waals surface area contributed by atoms with Gasteiger partial charge in [-0.1, -0.05) is 29.8 Å². The van der Waals surface area contributed by atoms with E-state index in [0.717, 1.165) is 37.5 Å². The average molecular weight is 504 g/mol. The fourth-order valence-corrected chi connectivity index (χ4v) is 5.44. The second-order valence-electron chi connectivity index (χ2n) is 8.14. The average Bonchev–Trinajstić information content (AvgIpc) is 3.39. The van der Waals surface area contributed by atoms with Gasteiger partial charge in [0.05, 0.1) is 35.3 Å². The predicted molar refractivity (Wildman–Crippen MR) is 142 cm³/mol. The van der Waals surface area contributed by atoms with Crippen molar-refractivity contribution < 1.29 is 14.6 Å². The molecular weight excluding hydrogens is 482 g/mol. The number of aromatic carboxylic acids is 1. The molecule has 0 radical (unpaired) electrons. The van der Waals surface area contributed by atoms with Crippen molar-refractivity contribution in [2.75, 3.05) is 12.4 Å². The highest BCUT2D eigenvalue weighted by molar-refractivity contribution is 7.22. The zero-order valence-corrected chi connectivity index (χ0v) is 20.9. The molecule has 6 nitrogen and oxygen atoms in total. The monoisotopic (exact) mass is 503 g/mol. The number of aromatic nitrogens is 2. The van der Waals surface area contributed by atoms with E-state index >= 15 is 0 Å². The Kier molecular flexibility index (Phi) is 5.96. The van der Waals surface area contributed by atoms with Gasteiger partial charge in [0.25, 0.3) is 0 Å². The van der Waals surface area contributed by atoms with Gasteiger partial charge >= 0.3 is 5.97 Å². The summed E-state index contributed by atoms with van der Waals surface area (Å²) in [6.45, 7) is 3.98. The van der Waals surface area contributed by atoms with Gasteiger partial charge in [0, 0.05) is 14.6 Å². The first-order valence-corrected chi connectivity index (χ1v) is 12.1. The van der Waals surface area contributed by atoms with E-state index < -0.39 is 5.97 Å². The van der Waals surface area contributed by atoms with E-state index in [0.29, 0.717) is 22.3 Å². The van der Waals surface area contributed by atoms with Crippen LogP contribution in [0.5, 0.6) is 5.75 Å². The van der Waals surface area contributed by atoms with Crippen molar-refractivity contribution in [1.82, 2.24) is 9.78 Å². The first-order valence-electron chi connectivity index (χ1n) is 10.9. The van der Waals surface area contributed by atoms with Crippen LogP contribution in [0.4, 0.5) is 11.5 Å². The zero-order chi connectivity index (χ0) is 24.7. The lowest BCUT2D eigenvalue weighted by molar-refractivity contribution is 0.0697. The summed E-state index contributed by atoms with van der Waals surface area (Å²) < 4.78 is 8.19. The molecule has 0 amide bonds. The molecule has 0 aliphatic rings. The number of hydrogen-bond donors (Lipinski definition) is 2. The Morgan fingerprint density at radius 2 is 1.89 bits per heavy atom. The third-order valence-corrected chi connectivity index (χ3v) is 7.21. The largest absolute Gasteiger partial charge is 0.497 e. The number of ether oxygens (including phenoxy) is 1. The zero-order valence-electron chi connectivity index (χ0n) is 19.3. The van der Waals surface area contributed by atoms with Gasteiger partial charge < -0.3 is 15.2 Å². The van der Waals surface area contributed by atoms with Gasteiger partial charge in [0.15, 0.2) is 0 Å². The maximum absolute atomic E-state index is 12.1. The van der Waals surface area contributed by atoms with E-state index in [-0.39, 0.29) is 5.56 Å². The van der Waals surface area contributed by atoms with Crippen LogP contribution >= 0.6 is 22.9 Å². The summed E-state index contributed by atoms with van der Waals surface area (Å²) in [6, 6.07) is 20.8. The second-order valence-corrected chi connectivity index (χ2v) is 9.66. The van der Waals surface area contributed by atoms with Crippen LogP contribution in [-0.4, -0.2) is 28.0 Å². The highest BCUT2D eigenvalue weighted by Crippen LogP contribution is 2.42. The summed E-state index contributed by atoms with van der Waals surface area (Å²) >= 11 is 7.87. The SMILES string of the molecule is COc1ccc(Nc2c(-c3cc4cc(Cl)ccc4s3)c(C)nn2-c2ccccc2C)c(C(=O)O)c1. The molecule has 2 heterocycles. The normalized spacial score (nSPS) is 11.1. The van der Waals surface area contributed by atoms with Crippen LogP contribution in [-0.2, 0) is 0 Å². The Morgan fingerprint density at radius 3 is 2.63 bits per heavy atom. The molecule has 0 bridgehead atoms. The quantitative estimate of drug-likeness (QED) is 0.251. The highest BCUT2D eigenvalue weighted by Gasteiger charge is 2.23. The van der Waals surface area contributed by atoms with Crippen LogP contribution in [0.15, 0.2) is 66.7 Å². The molecule has 5 rings (SSSR count). The van der Waals surface area contributed by atoms with Gasteiger partial charge in [-0.2, -0.15) is 5.10 Å². The Morgan fingerprint density at radius 1 is 1.09 bits per heavy atom. The number of carboxylic acid groups (broad SMARTS) is 1. The number of halogens is 1. The second kappa shape index (κ2) is 9.09. The molecule has 0 unspecified atom stereocenters. The van der Waals surface area contributed by atoms with Crippen molar-refractivity contribution in [3.8, 4) is 21.9 Å². The Labute approximate surface area is 211 Å². The van der Waals surface area contributed by atoms with Crippen molar-refractivity contribution in [3.05, 3.63) is 88.6 Å². The molecule has 3 aromatic carbocycles. The maximum atomic E-state index is 12.1. The van der Waals surface area contributed by atoms with E-state index in [1.807, 2.05) is 61.0 Å². The fourth-order valence-electron chi connectivity index (χ4n) is 4.11. The van der Waals surface area contributed by atoms with E-state index in [2.05, 4.69) is 11.4 Å². The fraction of sp³-hybridized carbons (Fsp3) is 0.111. The van der Waals surface area contributed by atoms with Gasteiger partial charge in [0.1, 0.15) is 11.6 Å². The smallest absolute Gasteiger partial charge is 0.337 e. The Bertz CT molecular complexity index is 1590. The summed E-state index contributed by atoms with van der Waals surface area (Å²) in [7, 11) is 1.51. The number of anilines is 2. The van der Waals surface area contributed by atoms with Gasteiger partial charge in [-0.25, -0.2) is 9.48 Å². The minimum atomic E-state index is -1.05. The maximum Gasteiger partial charge on any atom is 0.337 e. The van der Waals surface area contributed by atoms with Gasteiger partial charge in [-0.05, 0) is 73.3 Å². The van der Waals surface area contributed by atoms with Crippen LogP contribution in [0.25, 0.3) is 26.2 Å². The molecule has 0 atom stereocenters. The molecular formula is C27H22ClN3O3S. The van der Waals surface area contributed by atoms with Crippen molar-refractivity contribution in [3.63, 3.8) is 0 Å². The van der Waals surface area contributed by atoms with E-state index in [1.165, 1.54) is 13.2 Å². The van der Waals surface area contributed by atoms with Crippen LogP contribution in [0, 0.1) is 13.8 Å². The lowest BCUT2D eigenvalue weighted by Crippen LogP contribution is -2.08. The number of hydrogen-bond acceptors (Lipinski definition) is 5. The third-order valence-electron chi connectivity index (χ3n) is 5.84. The summed E-state index contributed by atoms with van der Waals surface area (Å²) in [4.78, 5) is 13.1. The predicted octanol–water partition coefficient (Wildman–Crippen LogP) is 7.47. The number of carbonyl (C=O) groups is 1. The van der Waals surface area contributed by atoms with Gasteiger partial charge in [-0.3, -0.25) is 0 Å². The molecule has 176 valence electrons. The van der Waals surface area contributed by atoms with Crippen molar-refractivity contribution in [2.24, 2.45) is 0 Å². The third kappa shape index (κ3) is 4.24. The number of fused-ring (bicyclic) bond motifs is 1. The molecule has 8 heteroatoms. The van der Waals surface area contributed by atoms with Gasteiger partial charge in [0.2, 0.25) is 0 Å². The van der Waals surface area contributed by atoms with E-state index in [1.54, 1.807) is 23.5 Å². The molecule has 0 fully saturated rings. The summed E-state index contributed by atoms with van der Waals surface area (Å²) in [5.41, 5.74) is 4.21. The number of benzene rings is 3. The summed E-state index contributed by atoms with van der Waals surface area (Å²) in [5, 5.41) is 19.9. The number of rotatable bonds is 6. The number of methoxy groups -OCH3 is 1. The number of thiophene rings is 1. The van der Waals surface area contributed by atoms with E-state index in [9.17, 15) is 9.90 Å². The number of carboxylic acids is 1. The lowest BCUT2D eigenvalue weighted by Gasteiger charge is -2.15.